The molecular weight excluding hydrogens is 390 g/mol. The van der Waals surface area contributed by atoms with E-state index in [9.17, 15) is 19.5 Å². The van der Waals surface area contributed by atoms with Gasteiger partial charge in [0.1, 0.15) is 17.4 Å². The van der Waals surface area contributed by atoms with E-state index < -0.39 is 35.3 Å². The summed E-state index contributed by atoms with van der Waals surface area (Å²) in [5.41, 5.74) is -0.167. The van der Waals surface area contributed by atoms with Crippen molar-refractivity contribution in [2.24, 2.45) is 11.8 Å². The Kier molecular flexibility index (Phi) is 4.80. The Balaban J connectivity index is 1.51. The first kappa shape index (κ1) is 21.0. The number of aliphatic hydroxyl groups excluding tert-OH is 1. The molecule has 4 aliphatic rings. The van der Waals surface area contributed by atoms with Crippen LogP contribution in [0.15, 0.2) is 35.1 Å². The lowest BCUT2D eigenvalue weighted by Crippen LogP contribution is -2.66. The first-order valence-corrected chi connectivity index (χ1v) is 10.2. The molecule has 8 nitrogen and oxygen atoms in total. The Morgan fingerprint density at radius 1 is 1.20 bits per heavy atom. The number of nitrogens with one attached hydrogen (secondary N) is 1. The summed E-state index contributed by atoms with van der Waals surface area (Å²) < 4.78 is 18.0. The molecule has 0 unspecified atom stereocenters. The van der Waals surface area contributed by atoms with Crippen LogP contribution in [0.4, 0.5) is 0 Å². The molecule has 0 aliphatic carbocycles. The monoisotopic (exact) mass is 417 g/mol. The highest BCUT2D eigenvalue weighted by Crippen LogP contribution is 2.57. The highest BCUT2D eigenvalue weighted by atomic mass is 16.8. The maximum atomic E-state index is 12.7. The molecule has 2 N–H and O–H groups in total. The average Bonchev–Trinajstić information content (AvgIpc) is 3.29. The largest absolute Gasteiger partial charge is 0.507 e. The van der Waals surface area contributed by atoms with Gasteiger partial charge in [0.15, 0.2) is 29.1 Å². The van der Waals surface area contributed by atoms with E-state index >= 15 is 0 Å². The van der Waals surface area contributed by atoms with Crippen LogP contribution in [0, 0.1) is 11.8 Å². The molecule has 162 valence electrons. The predicted octanol–water partition coefficient (Wildman–Crippen LogP) is 1.51. The molecule has 4 heterocycles. The van der Waals surface area contributed by atoms with Crippen LogP contribution in [-0.2, 0) is 28.6 Å². The highest BCUT2D eigenvalue weighted by molar-refractivity contribution is 6.25. The second-order valence-corrected chi connectivity index (χ2v) is 8.90. The minimum atomic E-state index is -0.988. The number of amides is 1. The molecule has 0 aromatic carbocycles. The number of rotatable bonds is 4. The first-order valence-electron chi connectivity index (χ1n) is 10.2. The summed E-state index contributed by atoms with van der Waals surface area (Å²) in [6.07, 6.45) is 3.64. The van der Waals surface area contributed by atoms with Crippen molar-refractivity contribution >= 4 is 17.5 Å². The van der Waals surface area contributed by atoms with Crippen molar-refractivity contribution in [1.82, 2.24) is 5.32 Å². The molecule has 4 fully saturated rings. The van der Waals surface area contributed by atoms with Gasteiger partial charge in [-0.05, 0) is 26.8 Å². The van der Waals surface area contributed by atoms with E-state index in [-0.39, 0.29) is 41.6 Å². The number of Topliss-reactive ketones (excluding diaryl/α,β-unsaturated/α-hetero) is 2. The predicted molar refractivity (Wildman–Crippen MR) is 105 cm³/mol. The molecule has 4 saturated heterocycles. The van der Waals surface area contributed by atoms with E-state index in [1.807, 2.05) is 40.7 Å². The van der Waals surface area contributed by atoms with Gasteiger partial charge in [0.05, 0.1) is 12.6 Å². The van der Waals surface area contributed by atoms with Crippen molar-refractivity contribution in [3.63, 3.8) is 0 Å². The smallest absolute Gasteiger partial charge is 0.259 e. The van der Waals surface area contributed by atoms with Gasteiger partial charge in [-0.25, -0.2) is 0 Å². The molecule has 8 heteroatoms. The zero-order valence-electron chi connectivity index (χ0n) is 17.7. The molecule has 7 atom stereocenters. The van der Waals surface area contributed by atoms with Crippen molar-refractivity contribution in [2.45, 2.75) is 64.3 Å². The summed E-state index contributed by atoms with van der Waals surface area (Å²) in [5.74, 6) is -2.59. The number of carbonyl (C=O) groups is 3. The standard InChI is InChI=1S/C22H27NO7/c1-10(6-7-13(24)15-14(25)9-23-20(15)27)8-11(2)17-12(3)18-16(26)19-21(4,30-19)22(5,28-17)29-18/h6-8,11-12,17-19,24H,9H2,1-5H3,(H,23,27)/b7-6+,10-8+,15-13-/t11-,12-,17-,18+,19+,21+,22+/m1/s1. The van der Waals surface area contributed by atoms with Crippen LogP contribution in [0.25, 0.3) is 0 Å². The zero-order chi connectivity index (χ0) is 22.0. The Bertz CT molecular complexity index is 900. The number of allylic oxidation sites excluding steroid dienone is 3. The third-order valence-corrected chi connectivity index (χ3v) is 6.67. The quantitative estimate of drug-likeness (QED) is 0.234. The molecule has 0 saturated carbocycles. The molecular formula is C22H27NO7. The maximum Gasteiger partial charge on any atom is 0.259 e. The number of ether oxygens (including phenoxy) is 3. The summed E-state index contributed by atoms with van der Waals surface area (Å²) >= 11 is 0. The number of fused-ring (bicyclic) bond motifs is 4. The second-order valence-electron chi connectivity index (χ2n) is 8.90. The number of carbonyl (C=O) groups excluding carboxylic acids is 3. The van der Waals surface area contributed by atoms with E-state index in [1.165, 1.54) is 6.08 Å². The molecule has 0 aromatic heterocycles. The van der Waals surface area contributed by atoms with Gasteiger partial charge in [0.25, 0.3) is 5.91 Å². The lowest BCUT2D eigenvalue weighted by atomic mass is 9.78. The minimum Gasteiger partial charge on any atom is -0.507 e. The van der Waals surface area contributed by atoms with E-state index in [2.05, 4.69) is 5.32 Å². The number of ketones is 2. The lowest BCUT2D eigenvalue weighted by Gasteiger charge is -2.51. The summed E-state index contributed by atoms with van der Waals surface area (Å²) in [6.45, 7) is 9.34. The van der Waals surface area contributed by atoms with Gasteiger partial charge in [-0.15, -0.1) is 0 Å². The molecule has 0 radical (unpaired) electrons. The van der Waals surface area contributed by atoms with Gasteiger partial charge in [0.2, 0.25) is 0 Å². The average molecular weight is 417 g/mol. The van der Waals surface area contributed by atoms with Crippen LogP contribution in [0.5, 0.6) is 0 Å². The van der Waals surface area contributed by atoms with Gasteiger partial charge in [-0.2, -0.15) is 0 Å². The number of hydrogen-bond acceptors (Lipinski definition) is 7. The molecule has 0 aromatic rings. The van der Waals surface area contributed by atoms with Crippen LogP contribution in [0.3, 0.4) is 0 Å². The molecule has 0 spiro atoms. The second kappa shape index (κ2) is 6.87. The Labute approximate surface area is 174 Å². The van der Waals surface area contributed by atoms with Gasteiger partial charge in [0, 0.05) is 11.8 Å². The molecule has 1 amide bonds. The van der Waals surface area contributed by atoms with Crippen LogP contribution in [0.1, 0.15) is 34.6 Å². The Morgan fingerprint density at radius 2 is 1.90 bits per heavy atom. The number of hydrogen-bond donors (Lipinski definition) is 2. The normalized spacial score (nSPS) is 43.5. The fraction of sp³-hybridized carbons (Fsp3) is 0.591. The van der Waals surface area contributed by atoms with Crippen LogP contribution in [0.2, 0.25) is 0 Å². The van der Waals surface area contributed by atoms with Crippen molar-refractivity contribution in [1.29, 1.82) is 0 Å². The Hall–Kier alpha value is -2.29. The topological polar surface area (TPSA) is 114 Å². The van der Waals surface area contributed by atoms with Crippen LogP contribution >= 0.6 is 0 Å². The first-order chi connectivity index (χ1) is 14.0. The summed E-state index contributed by atoms with van der Waals surface area (Å²) in [6, 6.07) is 0. The fourth-order valence-corrected chi connectivity index (χ4v) is 4.67. The van der Waals surface area contributed by atoms with Crippen molar-refractivity contribution < 1.29 is 33.7 Å². The summed E-state index contributed by atoms with van der Waals surface area (Å²) in [7, 11) is 0. The fourth-order valence-electron chi connectivity index (χ4n) is 4.67. The summed E-state index contributed by atoms with van der Waals surface area (Å²) in [5, 5.41) is 12.5. The van der Waals surface area contributed by atoms with E-state index in [4.69, 9.17) is 14.2 Å². The number of aliphatic hydroxyl groups is 1. The zero-order valence-corrected chi connectivity index (χ0v) is 17.7. The van der Waals surface area contributed by atoms with E-state index in [1.54, 1.807) is 6.08 Å². The lowest BCUT2D eigenvalue weighted by molar-refractivity contribution is -0.350. The third-order valence-electron chi connectivity index (χ3n) is 6.67. The summed E-state index contributed by atoms with van der Waals surface area (Å²) in [4.78, 5) is 36.0. The van der Waals surface area contributed by atoms with Crippen molar-refractivity contribution in [3.8, 4) is 0 Å². The molecule has 2 bridgehead atoms. The molecule has 4 aliphatic heterocycles. The van der Waals surface area contributed by atoms with Gasteiger partial charge in [-0.1, -0.05) is 31.6 Å². The highest BCUT2D eigenvalue weighted by Gasteiger charge is 2.76. The molecule has 4 rings (SSSR count). The van der Waals surface area contributed by atoms with E-state index in [0.29, 0.717) is 0 Å². The van der Waals surface area contributed by atoms with Crippen molar-refractivity contribution in [2.75, 3.05) is 6.54 Å². The van der Waals surface area contributed by atoms with E-state index in [0.717, 1.165) is 5.57 Å². The molecule has 30 heavy (non-hydrogen) atoms. The number of epoxide rings is 1. The van der Waals surface area contributed by atoms with Crippen LogP contribution < -0.4 is 5.32 Å². The maximum absolute atomic E-state index is 12.7. The van der Waals surface area contributed by atoms with Gasteiger partial charge < -0.3 is 24.6 Å². The van der Waals surface area contributed by atoms with Gasteiger partial charge >= 0.3 is 0 Å². The van der Waals surface area contributed by atoms with Crippen molar-refractivity contribution in [3.05, 3.63) is 35.1 Å². The SMILES string of the molecule is CC(/C=C/C(O)=C1\C(=O)CNC1=O)=C\[C@@H](C)[C@H]1O[C@@]2(C)O[C@H](C(=O)[C@@H]3O[C@@]32C)[C@@H]1C. The van der Waals surface area contributed by atoms with Gasteiger partial charge in [-0.3, -0.25) is 14.4 Å². The minimum absolute atomic E-state index is 0.0281. The Morgan fingerprint density at radius 3 is 2.53 bits per heavy atom. The van der Waals surface area contributed by atoms with Crippen LogP contribution in [-0.4, -0.2) is 58.8 Å². The third kappa shape index (κ3) is 3.05.